The van der Waals surface area contributed by atoms with Crippen LogP contribution in [-0.4, -0.2) is 17.7 Å². The van der Waals surface area contributed by atoms with Crippen LogP contribution in [-0.2, 0) is 16.0 Å². The number of carbonyl (C=O) groups excluding carboxylic acids is 1. The Morgan fingerprint density at radius 3 is 2.88 bits per heavy atom. The molecule has 84 valence electrons. The number of hydrogen-bond acceptors (Lipinski definition) is 4. The van der Waals surface area contributed by atoms with Gasteiger partial charge in [-0.1, -0.05) is 15.9 Å². The second kappa shape index (κ2) is 5.52. The summed E-state index contributed by atoms with van der Waals surface area (Å²) in [6, 6.07) is 4.85. The Bertz CT molecular complexity index is 451. The summed E-state index contributed by atoms with van der Waals surface area (Å²) in [6.45, 7) is 2.00. The summed E-state index contributed by atoms with van der Waals surface area (Å²) in [6.07, 6.45) is -0.0360. The number of halogens is 1. The fraction of sp³-hybridized carbons (Fsp3) is 0.273. The van der Waals surface area contributed by atoms with Gasteiger partial charge < -0.3 is 9.84 Å². The maximum Gasteiger partial charge on any atom is 0.310 e. The van der Waals surface area contributed by atoms with Crippen LogP contribution in [0.2, 0.25) is 0 Å². The number of ether oxygens (including phenoxy) is 1. The normalized spacial score (nSPS) is 9.56. The Balaban J connectivity index is 3.08. The van der Waals surface area contributed by atoms with E-state index in [1.807, 2.05) is 6.07 Å². The molecule has 1 aromatic rings. The number of benzene rings is 1. The molecular weight excluding hydrogens is 274 g/mol. The van der Waals surface area contributed by atoms with Crippen molar-refractivity contribution in [1.82, 2.24) is 0 Å². The maximum absolute atomic E-state index is 11.3. The second-order valence-electron chi connectivity index (χ2n) is 3.01. The van der Waals surface area contributed by atoms with Crippen molar-refractivity contribution in [3.63, 3.8) is 0 Å². The fourth-order valence-electron chi connectivity index (χ4n) is 1.26. The molecule has 0 spiro atoms. The number of carbonyl (C=O) groups is 1. The zero-order chi connectivity index (χ0) is 12.1. The highest BCUT2D eigenvalue weighted by Gasteiger charge is 2.15. The number of phenolic OH excluding ortho intramolecular Hbond substituents is 1. The molecule has 0 heterocycles. The number of nitriles is 1. The second-order valence-corrected chi connectivity index (χ2v) is 3.87. The lowest BCUT2D eigenvalue weighted by Gasteiger charge is -2.07. The lowest BCUT2D eigenvalue weighted by Crippen LogP contribution is -2.09. The van der Waals surface area contributed by atoms with Crippen LogP contribution in [0.1, 0.15) is 18.1 Å². The van der Waals surface area contributed by atoms with Gasteiger partial charge in [0.1, 0.15) is 11.8 Å². The number of rotatable bonds is 3. The zero-order valence-electron chi connectivity index (χ0n) is 8.66. The van der Waals surface area contributed by atoms with Crippen LogP contribution in [0.15, 0.2) is 16.6 Å². The smallest absolute Gasteiger partial charge is 0.310 e. The van der Waals surface area contributed by atoms with Gasteiger partial charge in [-0.15, -0.1) is 0 Å². The van der Waals surface area contributed by atoms with Crippen LogP contribution in [0.4, 0.5) is 0 Å². The predicted octanol–water partition coefficient (Wildman–Crippen LogP) is 2.13. The van der Waals surface area contributed by atoms with Crippen molar-refractivity contribution in [1.29, 1.82) is 5.26 Å². The summed E-state index contributed by atoms with van der Waals surface area (Å²) < 4.78 is 5.40. The van der Waals surface area contributed by atoms with E-state index in [4.69, 9.17) is 10.00 Å². The number of phenols is 1. The van der Waals surface area contributed by atoms with Crippen molar-refractivity contribution in [3.8, 4) is 11.8 Å². The highest BCUT2D eigenvalue weighted by molar-refractivity contribution is 9.10. The Labute approximate surface area is 102 Å². The summed E-state index contributed by atoms with van der Waals surface area (Å²) in [4.78, 5) is 11.3. The third-order valence-electron chi connectivity index (χ3n) is 1.97. The lowest BCUT2D eigenvalue weighted by atomic mass is 10.0. The van der Waals surface area contributed by atoms with Gasteiger partial charge in [0.05, 0.1) is 18.6 Å². The molecule has 0 aromatic heterocycles. The molecule has 4 nitrogen and oxygen atoms in total. The van der Waals surface area contributed by atoms with Crippen LogP contribution in [0.25, 0.3) is 0 Å². The van der Waals surface area contributed by atoms with Gasteiger partial charge in [0.2, 0.25) is 0 Å². The molecule has 0 bridgehead atoms. The first-order chi connectivity index (χ1) is 7.60. The summed E-state index contributed by atoms with van der Waals surface area (Å²) >= 11 is 3.23. The molecule has 0 unspecified atom stereocenters. The van der Waals surface area contributed by atoms with E-state index in [2.05, 4.69) is 15.9 Å². The minimum Gasteiger partial charge on any atom is -0.507 e. The van der Waals surface area contributed by atoms with E-state index in [9.17, 15) is 9.90 Å². The highest BCUT2D eigenvalue weighted by atomic mass is 79.9. The Hall–Kier alpha value is -1.54. The molecule has 0 amide bonds. The molecule has 5 heteroatoms. The first-order valence-corrected chi connectivity index (χ1v) is 5.45. The first-order valence-electron chi connectivity index (χ1n) is 4.66. The van der Waals surface area contributed by atoms with Gasteiger partial charge in [0, 0.05) is 4.47 Å². The minimum atomic E-state index is -0.426. The maximum atomic E-state index is 11.3. The standard InChI is InChI=1S/C11H10BrNO3/c1-2-16-11(15)5-7-8(6-13)10(14)4-3-9(7)12/h3-4,14H,2,5H2,1H3. The van der Waals surface area contributed by atoms with E-state index in [0.29, 0.717) is 10.0 Å². The Morgan fingerprint density at radius 2 is 2.31 bits per heavy atom. The van der Waals surface area contributed by atoms with Crippen molar-refractivity contribution in [2.24, 2.45) is 0 Å². The zero-order valence-corrected chi connectivity index (χ0v) is 10.2. The highest BCUT2D eigenvalue weighted by Crippen LogP contribution is 2.28. The molecule has 0 aliphatic rings. The molecule has 1 N–H and O–H groups in total. The molecule has 0 aliphatic heterocycles. The molecule has 0 saturated carbocycles. The summed E-state index contributed by atoms with van der Waals surface area (Å²) in [5.41, 5.74) is 0.545. The number of nitrogens with zero attached hydrogens (tertiary/aromatic N) is 1. The van der Waals surface area contributed by atoms with Crippen molar-refractivity contribution in [2.75, 3.05) is 6.61 Å². The van der Waals surface area contributed by atoms with Gasteiger partial charge in [-0.05, 0) is 24.6 Å². The van der Waals surface area contributed by atoms with Crippen molar-refractivity contribution < 1.29 is 14.6 Å². The van der Waals surface area contributed by atoms with E-state index in [1.165, 1.54) is 6.07 Å². The number of hydrogen-bond donors (Lipinski definition) is 1. The molecular formula is C11H10BrNO3. The van der Waals surface area contributed by atoms with E-state index in [0.717, 1.165) is 0 Å². The molecule has 0 atom stereocenters. The van der Waals surface area contributed by atoms with Gasteiger partial charge in [0.15, 0.2) is 0 Å². The Kier molecular flexibility index (Phi) is 4.32. The largest absolute Gasteiger partial charge is 0.507 e. The fourth-order valence-corrected chi connectivity index (χ4v) is 1.73. The van der Waals surface area contributed by atoms with Crippen LogP contribution in [0.5, 0.6) is 5.75 Å². The third kappa shape index (κ3) is 2.74. The average Bonchev–Trinajstić information content (AvgIpc) is 2.24. The van der Waals surface area contributed by atoms with E-state index < -0.39 is 5.97 Å². The summed E-state index contributed by atoms with van der Waals surface area (Å²) in [5.74, 6) is -0.560. The molecule has 0 radical (unpaired) electrons. The van der Waals surface area contributed by atoms with E-state index in [-0.39, 0.29) is 24.3 Å². The van der Waals surface area contributed by atoms with Crippen LogP contribution in [0.3, 0.4) is 0 Å². The molecule has 0 aliphatic carbocycles. The minimum absolute atomic E-state index is 0.0360. The van der Waals surface area contributed by atoms with Crippen molar-refractivity contribution in [3.05, 3.63) is 27.7 Å². The predicted molar refractivity (Wildman–Crippen MR) is 60.9 cm³/mol. The van der Waals surface area contributed by atoms with Gasteiger partial charge in [-0.25, -0.2) is 0 Å². The van der Waals surface area contributed by atoms with Crippen molar-refractivity contribution in [2.45, 2.75) is 13.3 Å². The first kappa shape index (κ1) is 12.5. The van der Waals surface area contributed by atoms with E-state index >= 15 is 0 Å². The molecule has 0 fully saturated rings. The topological polar surface area (TPSA) is 70.3 Å². The third-order valence-corrected chi connectivity index (χ3v) is 2.71. The quantitative estimate of drug-likeness (QED) is 0.863. The molecule has 16 heavy (non-hydrogen) atoms. The van der Waals surface area contributed by atoms with Gasteiger partial charge in [-0.3, -0.25) is 4.79 Å². The molecule has 0 saturated heterocycles. The van der Waals surface area contributed by atoms with Gasteiger partial charge in [-0.2, -0.15) is 5.26 Å². The molecule has 1 aromatic carbocycles. The lowest BCUT2D eigenvalue weighted by molar-refractivity contribution is -0.142. The van der Waals surface area contributed by atoms with Gasteiger partial charge >= 0.3 is 5.97 Å². The Morgan fingerprint density at radius 1 is 1.62 bits per heavy atom. The van der Waals surface area contributed by atoms with Crippen LogP contribution < -0.4 is 0 Å². The monoisotopic (exact) mass is 283 g/mol. The summed E-state index contributed by atoms with van der Waals surface area (Å²) in [7, 11) is 0. The summed E-state index contributed by atoms with van der Waals surface area (Å²) in [5, 5.41) is 18.3. The molecule has 1 rings (SSSR count). The van der Waals surface area contributed by atoms with Crippen molar-refractivity contribution >= 4 is 21.9 Å². The SMILES string of the molecule is CCOC(=O)Cc1c(Br)ccc(O)c1C#N. The van der Waals surface area contributed by atoms with Crippen LogP contribution in [0, 0.1) is 11.3 Å². The average molecular weight is 284 g/mol. The van der Waals surface area contributed by atoms with Gasteiger partial charge in [0.25, 0.3) is 0 Å². The van der Waals surface area contributed by atoms with E-state index in [1.54, 1.807) is 13.0 Å². The number of esters is 1. The van der Waals surface area contributed by atoms with Crippen LogP contribution >= 0.6 is 15.9 Å². The number of aromatic hydroxyl groups is 1.